The summed E-state index contributed by atoms with van der Waals surface area (Å²) in [7, 11) is 1.72. The van der Waals surface area contributed by atoms with Crippen molar-refractivity contribution in [3.8, 4) is 0 Å². The number of carboxylic acids is 1. The maximum Gasteiger partial charge on any atom is 0.329 e. The molecule has 0 unspecified atom stereocenters. The van der Waals surface area contributed by atoms with Gasteiger partial charge in [0.2, 0.25) is 0 Å². The molecule has 0 bridgehead atoms. The lowest BCUT2D eigenvalue weighted by molar-refractivity contribution is -0.142. The van der Waals surface area contributed by atoms with Gasteiger partial charge in [-0.2, -0.15) is 0 Å². The summed E-state index contributed by atoms with van der Waals surface area (Å²) >= 11 is 4.64. The van der Waals surface area contributed by atoms with Gasteiger partial charge in [-0.3, -0.25) is 0 Å². The summed E-state index contributed by atoms with van der Waals surface area (Å²) in [5.41, 5.74) is -0.947. The van der Waals surface area contributed by atoms with Crippen molar-refractivity contribution in [3.05, 3.63) is 9.98 Å². The highest BCUT2D eigenvalue weighted by Crippen LogP contribution is 2.27. The van der Waals surface area contributed by atoms with Crippen molar-refractivity contribution in [3.63, 3.8) is 0 Å². The molecule has 0 saturated carbocycles. The Morgan fingerprint density at radius 3 is 2.64 bits per heavy atom. The van der Waals surface area contributed by atoms with Crippen LogP contribution >= 0.6 is 27.3 Å². The molecular formula is C8H11BrN2O2S. The Morgan fingerprint density at radius 2 is 2.29 bits per heavy atom. The van der Waals surface area contributed by atoms with Gasteiger partial charge in [-0.25, -0.2) is 9.78 Å². The number of anilines is 1. The molecule has 0 aliphatic heterocycles. The van der Waals surface area contributed by atoms with E-state index in [1.165, 1.54) is 11.3 Å². The van der Waals surface area contributed by atoms with E-state index in [1.54, 1.807) is 25.8 Å². The fraction of sp³-hybridized carbons (Fsp3) is 0.500. The van der Waals surface area contributed by atoms with Crippen LogP contribution in [0.25, 0.3) is 0 Å². The van der Waals surface area contributed by atoms with Gasteiger partial charge in [0.05, 0.1) is 0 Å². The van der Waals surface area contributed by atoms with Crippen LogP contribution in [0.15, 0.2) is 9.98 Å². The highest BCUT2D eigenvalue weighted by Gasteiger charge is 2.33. The zero-order valence-corrected chi connectivity index (χ0v) is 10.5. The number of nitrogens with zero attached hydrogens (tertiary/aromatic N) is 2. The lowest BCUT2D eigenvalue weighted by Gasteiger charge is -2.30. The van der Waals surface area contributed by atoms with Gasteiger partial charge in [0, 0.05) is 12.4 Å². The van der Waals surface area contributed by atoms with Gasteiger partial charge < -0.3 is 10.0 Å². The molecule has 14 heavy (non-hydrogen) atoms. The van der Waals surface area contributed by atoms with Crippen LogP contribution in [0.2, 0.25) is 0 Å². The molecule has 0 fully saturated rings. The van der Waals surface area contributed by atoms with Gasteiger partial charge in [-0.1, -0.05) is 0 Å². The zero-order valence-electron chi connectivity index (χ0n) is 8.11. The average molecular weight is 279 g/mol. The molecule has 0 atom stereocenters. The third-order valence-electron chi connectivity index (χ3n) is 2.11. The maximum absolute atomic E-state index is 11.0. The molecule has 1 aromatic heterocycles. The summed E-state index contributed by atoms with van der Waals surface area (Å²) in [5.74, 6) is -0.869. The molecule has 1 N–H and O–H groups in total. The number of hydrogen-bond acceptors (Lipinski definition) is 4. The Morgan fingerprint density at radius 1 is 1.71 bits per heavy atom. The van der Waals surface area contributed by atoms with Gasteiger partial charge in [-0.05, 0) is 29.8 Å². The zero-order chi connectivity index (χ0) is 10.9. The number of halogens is 1. The molecule has 78 valence electrons. The van der Waals surface area contributed by atoms with Crippen LogP contribution in [-0.2, 0) is 4.79 Å². The second-order valence-corrected chi connectivity index (χ2v) is 5.03. The minimum atomic E-state index is -0.947. The first-order valence-electron chi connectivity index (χ1n) is 3.94. The molecule has 0 spiro atoms. The monoisotopic (exact) mass is 278 g/mol. The van der Waals surface area contributed by atoms with Crippen molar-refractivity contribution in [1.29, 1.82) is 0 Å². The highest BCUT2D eigenvalue weighted by molar-refractivity contribution is 9.10. The molecule has 1 heterocycles. The SMILES string of the molecule is CN(c1nc(Br)cs1)C(C)(C)C(=O)O. The number of carboxylic acid groups (broad SMARTS) is 1. The fourth-order valence-corrected chi connectivity index (χ4v) is 2.14. The molecule has 0 aliphatic carbocycles. The molecule has 1 aromatic rings. The Labute approximate surface area is 94.7 Å². The number of aliphatic carboxylic acids is 1. The third-order valence-corrected chi connectivity index (χ3v) is 3.74. The highest BCUT2D eigenvalue weighted by atomic mass is 79.9. The van der Waals surface area contributed by atoms with Gasteiger partial charge in [0.15, 0.2) is 5.13 Å². The van der Waals surface area contributed by atoms with Crippen molar-refractivity contribution in [2.75, 3.05) is 11.9 Å². The molecule has 1 rings (SSSR count). The van der Waals surface area contributed by atoms with E-state index >= 15 is 0 Å². The van der Waals surface area contributed by atoms with E-state index in [1.807, 2.05) is 5.38 Å². The van der Waals surface area contributed by atoms with E-state index in [2.05, 4.69) is 20.9 Å². The molecule has 6 heteroatoms. The van der Waals surface area contributed by atoms with Crippen LogP contribution in [0.5, 0.6) is 0 Å². The predicted molar refractivity (Wildman–Crippen MR) is 59.9 cm³/mol. The van der Waals surface area contributed by atoms with Crippen LogP contribution in [0, 0.1) is 0 Å². The van der Waals surface area contributed by atoms with Gasteiger partial charge in [0.1, 0.15) is 10.1 Å². The van der Waals surface area contributed by atoms with Crippen LogP contribution < -0.4 is 4.90 Å². The number of thiazole rings is 1. The molecule has 0 radical (unpaired) electrons. The predicted octanol–water partition coefficient (Wildman–Crippen LogP) is 2.20. The summed E-state index contributed by atoms with van der Waals surface area (Å²) in [6, 6.07) is 0. The van der Waals surface area contributed by atoms with Crippen LogP contribution in [-0.4, -0.2) is 28.6 Å². The first-order chi connectivity index (χ1) is 6.35. The minimum absolute atomic E-state index is 0.685. The number of rotatable bonds is 3. The molecular weight excluding hydrogens is 268 g/mol. The second-order valence-electron chi connectivity index (χ2n) is 3.38. The van der Waals surface area contributed by atoms with Gasteiger partial charge >= 0.3 is 5.97 Å². The van der Waals surface area contributed by atoms with E-state index in [9.17, 15) is 4.79 Å². The lowest BCUT2D eigenvalue weighted by Crippen LogP contribution is -2.48. The Bertz CT molecular complexity index is 351. The quantitative estimate of drug-likeness (QED) is 0.921. The van der Waals surface area contributed by atoms with E-state index in [-0.39, 0.29) is 0 Å². The minimum Gasteiger partial charge on any atom is -0.480 e. The summed E-state index contributed by atoms with van der Waals surface area (Å²) < 4.78 is 0.727. The molecule has 4 nitrogen and oxygen atoms in total. The van der Waals surface area contributed by atoms with Crippen molar-refractivity contribution in [2.45, 2.75) is 19.4 Å². The van der Waals surface area contributed by atoms with Gasteiger partial charge in [-0.15, -0.1) is 11.3 Å². The Kier molecular flexibility index (Phi) is 3.16. The number of aromatic nitrogens is 1. The largest absolute Gasteiger partial charge is 0.480 e. The summed E-state index contributed by atoms with van der Waals surface area (Å²) in [6.07, 6.45) is 0. The summed E-state index contributed by atoms with van der Waals surface area (Å²) in [6.45, 7) is 3.29. The first kappa shape index (κ1) is 11.5. The van der Waals surface area contributed by atoms with Crippen LogP contribution in [0.1, 0.15) is 13.8 Å². The van der Waals surface area contributed by atoms with Crippen LogP contribution in [0.3, 0.4) is 0 Å². The Hall–Kier alpha value is -0.620. The van der Waals surface area contributed by atoms with Crippen molar-refractivity contribution in [2.24, 2.45) is 0 Å². The van der Waals surface area contributed by atoms with Crippen molar-refractivity contribution in [1.82, 2.24) is 4.98 Å². The first-order valence-corrected chi connectivity index (χ1v) is 5.61. The Balaban J connectivity index is 2.95. The maximum atomic E-state index is 11.0. The smallest absolute Gasteiger partial charge is 0.329 e. The third kappa shape index (κ3) is 2.06. The average Bonchev–Trinajstić information content (AvgIpc) is 2.50. The summed E-state index contributed by atoms with van der Waals surface area (Å²) in [5, 5.41) is 11.5. The molecule has 0 saturated heterocycles. The summed E-state index contributed by atoms with van der Waals surface area (Å²) in [4.78, 5) is 16.8. The lowest BCUT2D eigenvalue weighted by atomic mass is 10.1. The number of likely N-dealkylation sites (N-methyl/N-ethyl adjacent to an activating group) is 1. The molecule has 0 aliphatic rings. The van der Waals surface area contributed by atoms with Gasteiger partial charge in [0.25, 0.3) is 0 Å². The van der Waals surface area contributed by atoms with Crippen LogP contribution in [0.4, 0.5) is 5.13 Å². The van der Waals surface area contributed by atoms with E-state index in [4.69, 9.17) is 5.11 Å². The second kappa shape index (κ2) is 3.86. The number of carbonyl (C=O) groups is 1. The standard InChI is InChI=1S/C8H11BrN2O2S/c1-8(2,6(12)13)11(3)7-10-5(9)4-14-7/h4H,1-3H3,(H,12,13). The van der Waals surface area contributed by atoms with E-state index in [0.717, 1.165) is 4.60 Å². The van der Waals surface area contributed by atoms with E-state index < -0.39 is 11.5 Å². The topological polar surface area (TPSA) is 53.4 Å². The number of hydrogen-bond donors (Lipinski definition) is 1. The van der Waals surface area contributed by atoms with E-state index in [0.29, 0.717) is 5.13 Å². The van der Waals surface area contributed by atoms with Crippen molar-refractivity contribution < 1.29 is 9.90 Å². The normalized spacial score (nSPS) is 11.4. The fourth-order valence-electron chi connectivity index (χ4n) is 0.782. The molecule has 0 aromatic carbocycles. The molecule has 0 amide bonds. The van der Waals surface area contributed by atoms with Crippen molar-refractivity contribution >= 4 is 38.4 Å².